The van der Waals surface area contributed by atoms with Gasteiger partial charge in [0.05, 0.1) is 0 Å². The van der Waals surface area contributed by atoms with E-state index in [2.05, 4.69) is 27.7 Å². The van der Waals surface area contributed by atoms with E-state index in [1.165, 1.54) is 0 Å². The molecular formula is C16H23ClN4O2. The van der Waals surface area contributed by atoms with Gasteiger partial charge in [-0.25, -0.2) is 0 Å². The SMILES string of the molecule is CNC(C)Cc1noc(CC(C)NC(=O)c2ccccc2)n1.Cl. The molecule has 1 aromatic carbocycles. The van der Waals surface area contributed by atoms with Crippen LogP contribution in [-0.2, 0) is 12.8 Å². The zero-order valence-electron chi connectivity index (χ0n) is 13.6. The van der Waals surface area contributed by atoms with Gasteiger partial charge in [-0.3, -0.25) is 4.79 Å². The van der Waals surface area contributed by atoms with Gasteiger partial charge in [0.25, 0.3) is 5.91 Å². The van der Waals surface area contributed by atoms with Crippen LogP contribution in [-0.4, -0.2) is 35.2 Å². The molecule has 0 saturated carbocycles. The van der Waals surface area contributed by atoms with E-state index in [1.807, 2.05) is 32.2 Å². The summed E-state index contributed by atoms with van der Waals surface area (Å²) in [6, 6.07) is 9.34. The zero-order valence-corrected chi connectivity index (χ0v) is 14.4. The van der Waals surface area contributed by atoms with Crippen molar-refractivity contribution >= 4 is 18.3 Å². The lowest BCUT2D eigenvalue weighted by molar-refractivity contribution is 0.0938. The molecule has 2 unspecified atom stereocenters. The third-order valence-electron chi connectivity index (χ3n) is 3.39. The van der Waals surface area contributed by atoms with Crippen LogP contribution in [0.1, 0.15) is 35.9 Å². The summed E-state index contributed by atoms with van der Waals surface area (Å²) < 4.78 is 5.23. The van der Waals surface area contributed by atoms with E-state index in [-0.39, 0.29) is 24.4 Å². The molecule has 0 aliphatic carbocycles. The maximum Gasteiger partial charge on any atom is 0.251 e. The number of nitrogens with zero attached hydrogens (tertiary/aromatic N) is 2. The summed E-state index contributed by atoms with van der Waals surface area (Å²) in [6.07, 6.45) is 1.23. The Labute approximate surface area is 142 Å². The summed E-state index contributed by atoms with van der Waals surface area (Å²) in [4.78, 5) is 16.4. The second kappa shape index (κ2) is 9.27. The quantitative estimate of drug-likeness (QED) is 0.807. The van der Waals surface area contributed by atoms with Gasteiger partial charge >= 0.3 is 0 Å². The van der Waals surface area contributed by atoms with Gasteiger partial charge in [0.15, 0.2) is 5.82 Å². The molecule has 0 aliphatic heterocycles. The van der Waals surface area contributed by atoms with Gasteiger partial charge in [-0.2, -0.15) is 4.98 Å². The van der Waals surface area contributed by atoms with Crippen molar-refractivity contribution in [1.82, 2.24) is 20.8 Å². The highest BCUT2D eigenvalue weighted by Crippen LogP contribution is 2.05. The molecule has 2 aromatic rings. The van der Waals surface area contributed by atoms with Crippen LogP contribution in [0.15, 0.2) is 34.9 Å². The molecule has 0 aliphatic rings. The van der Waals surface area contributed by atoms with Crippen molar-refractivity contribution in [2.45, 2.75) is 38.8 Å². The summed E-state index contributed by atoms with van der Waals surface area (Å²) in [7, 11) is 1.90. The molecule has 7 heteroatoms. The molecule has 2 N–H and O–H groups in total. The molecule has 0 bridgehead atoms. The maximum absolute atomic E-state index is 12.0. The van der Waals surface area contributed by atoms with E-state index in [0.717, 1.165) is 0 Å². The lowest BCUT2D eigenvalue weighted by Gasteiger charge is -2.11. The molecule has 6 nitrogen and oxygen atoms in total. The lowest BCUT2D eigenvalue weighted by atomic mass is 10.2. The first-order valence-electron chi connectivity index (χ1n) is 7.43. The third-order valence-corrected chi connectivity index (χ3v) is 3.39. The smallest absolute Gasteiger partial charge is 0.251 e. The molecule has 23 heavy (non-hydrogen) atoms. The zero-order chi connectivity index (χ0) is 15.9. The Morgan fingerprint density at radius 3 is 2.52 bits per heavy atom. The Morgan fingerprint density at radius 2 is 1.87 bits per heavy atom. The molecule has 1 amide bonds. The van der Waals surface area contributed by atoms with Crippen LogP contribution in [0.4, 0.5) is 0 Å². The van der Waals surface area contributed by atoms with Crippen LogP contribution < -0.4 is 10.6 Å². The number of rotatable bonds is 7. The van der Waals surface area contributed by atoms with Crippen molar-refractivity contribution < 1.29 is 9.32 Å². The van der Waals surface area contributed by atoms with Gasteiger partial charge in [-0.1, -0.05) is 23.4 Å². The normalized spacial score (nSPS) is 13.0. The largest absolute Gasteiger partial charge is 0.349 e. The first kappa shape index (κ1) is 19.1. The number of carbonyl (C=O) groups excluding carboxylic acids is 1. The standard InChI is InChI=1S/C16H22N4O2.ClH/c1-11(17-3)9-14-19-15(22-20-14)10-12(2)18-16(21)13-7-5-4-6-8-13;/h4-8,11-12,17H,9-10H2,1-3H3,(H,18,21);1H. The molecule has 2 atom stereocenters. The summed E-state index contributed by atoms with van der Waals surface area (Å²) in [5, 5.41) is 10.0. The van der Waals surface area contributed by atoms with E-state index in [1.54, 1.807) is 12.1 Å². The third kappa shape index (κ3) is 6.00. The number of amides is 1. The van der Waals surface area contributed by atoms with Crippen molar-refractivity contribution in [2.75, 3.05) is 7.05 Å². The van der Waals surface area contributed by atoms with E-state index >= 15 is 0 Å². The Kier molecular flexibility index (Phi) is 7.71. The molecule has 0 radical (unpaired) electrons. The highest BCUT2D eigenvalue weighted by Gasteiger charge is 2.14. The maximum atomic E-state index is 12.0. The molecule has 126 valence electrons. The molecule has 0 saturated heterocycles. The minimum absolute atomic E-state index is 0. The predicted molar refractivity (Wildman–Crippen MR) is 90.8 cm³/mol. The average Bonchev–Trinajstić information content (AvgIpc) is 2.94. The topological polar surface area (TPSA) is 80.0 Å². The van der Waals surface area contributed by atoms with Crippen LogP contribution in [0, 0.1) is 0 Å². The van der Waals surface area contributed by atoms with Crippen molar-refractivity contribution in [3.63, 3.8) is 0 Å². The summed E-state index contributed by atoms with van der Waals surface area (Å²) in [5.41, 5.74) is 0.642. The molecule has 1 heterocycles. The first-order valence-corrected chi connectivity index (χ1v) is 7.43. The predicted octanol–water partition coefficient (Wildman–Crippen LogP) is 2.00. The van der Waals surface area contributed by atoms with Crippen molar-refractivity contribution in [3.8, 4) is 0 Å². The van der Waals surface area contributed by atoms with Crippen molar-refractivity contribution in [3.05, 3.63) is 47.6 Å². The second-order valence-electron chi connectivity index (χ2n) is 5.44. The highest BCUT2D eigenvalue weighted by atomic mass is 35.5. The number of halogens is 1. The number of benzene rings is 1. The van der Waals surface area contributed by atoms with E-state index < -0.39 is 0 Å². The monoisotopic (exact) mass is 338 g/mol. The Morgan fingerprint density at radius 1 is 1.17 bits per heavy atom. The Bertz CT molecular complexity index is 603. The van der Waals surface area contributed by atoms with Crippen LogP contribution in [0.5, 0.6) is 0 Å². The summed E-state index contributed by atoms with van der Waals surface area (Å²) in [5.74, 6) is 1.12. The number of aromatic nitrogens is 2. The number of likely N-dealkylation sites (N-methyl/N-ethyl adjacent to an activating group) is 1. The number of nitrogens with one attached hydrogen (secondary N) is 2. The molecule has 0 fully saturated rings. The molecule has 1 aromatic heterocycles. The van der Waals surface area contributed by atoms with Crippen molar-refractivity contribution in [2.24, 2.45) is 0 Å². The molecular weight excluding hydrogens is 316 g/mol. The Balaban J connectivity index is 0.00000264. The van der Waals surface area contributed by atoms with Gasteiger partial charge in [0, 0.05) is 30.5 Å². The molecule has 2 rings (SSSR count). The summed E-state index contributed by atoms with van der Waals surface area (Å²) in [6.45, 7) is 3.97. The first-order chi connectivity index (χ1) is 10.6. The van der Waals surface area contributed by atoms with Gasteiger partial charge in [0.1, 0.15) is 0 Å². The van der Waals surface area contributed by atoms with E-state index in [0.29, 0.717) is 36.2 Å². The van der Waals surface area contributed by atoms with Gasteiger partial charge in [-0.15, -0.1) is 12.4 Å². The van der Waals surface area contributed by atoms with Crippen molar-refractivity contribution in [1.29, 1.82) is 0 Å². The van der Waals surface area contributed by atoms with Gasteiger partial charge < -0.3 is 15.2 Å². The fourth-order valence-electron chi connectivity index (χ4n) is 2.04. The van der Waals surface area contributed by atoms with Crippen LogP contribution >= 0.6 is 12.4 Å². The fourth-order valence-corrected chi connectivity index (χ4v) is 2.04. The van der Waals surface area contributed by atoms with Crippen LogP contribution in [0.2, 0.25) is 0 Å². The fraction of sp³-hybridized carbons (Fsp3) is 0.438. The second-order valence-corrected chi connectivity index (χ2v) is 5.44. The van der Waals surface area contributed by atoms with Crippen LogP contribution in [0.25, 0.3) is 0 Å². The van der Waals surface area contributed by atoms with Crippen LogP contribution in [0.3, 0.4) is 0 Å². The highest BCUT2D eigenvalue weighted by molar-refractivity contribution is 5.94. The minimum atomic E-state index is -0.100. The summed E-state index contributed by atoms with van der Waals surface area (Å²) >= 11 is 0. The average molecular weight is 339 g/mol. The van der Waals surface area contributed by atoms with Gasteiger partial charge in [-0.05, 0) is 33.0 Å². The van der Waals surface area contributed by atoms with Gasteiger partial charge in [0.2, 0.25) is 5.89 Å². The molecule has 0 spiro atoms. The Hall–Kier alpha value is -1.92. The van der Waals surface area contributed by atoms with E-state index in [9.17, 15) is 4.79 Å². The lowest BCUT2D eigenvalue weighted by Crippen LogP contribution is -2.34. The minimum Gasteiger partial charge on any atom is -0.349 e. The number of hydrogen-bond acceptors (Lipinski definition) is 5. The number of hydrogen-bond donors (Lipinski definition) is 2. The van der Waals surface area contributed by atoms with E-state index in [4.69, 9.17) is 4.52 Å². The number of carbonyl (C=O) groups is 1.